The molecule has 0 aliphatic rings. The number of rotatable bonds is 8. The summed E-state index contributed by atoms with van der Waals surface area (Å²) in [7, 11) is 0. The molecule has 0 spiro atoms. The van der Waals surface area contributed by atoms with E-state index in [2.05, 4.69) is 251 Å². The fourth-order valence-corrected chi connectivity index (χ4v) is 8.94. The molecule has 0 unspecified atom stereocenters. The summed E-state index contributed by atoms with van der Waals surface area (Å²) in [6.07, 6.45) is 0. The van der Waals surface area contributed by atoms with Gasteiger partial charge in [0.2, 0.25) is 0 Å². The third-order valence-corrected chi connectivity index (χ3v) is 11.5. The Kier molecular flexibility index (Phi) is 8.49. The lowest BCUT2D eigenvalue weighted by Gasteiger charge is -2.27. The first-order chi connectivity index (χ1) is 29.3. The van der Waals surface area contributed by atoms with Crippen LogP contribution in [-0.4, -0.2) is 4.57 Å². The van der Waals surface area contributed by atoms with Crippen LogP contribution in [-0.2, 0) is 0 Å². The third kappa shape index (κ3) is 5.91. The smallest absolute Gasteiger partial charge is 0.0568 e. The van der Waals surface area contributed by atoms with E-state index in [0.717, 1.165) is 50.8 Å². The van der Waals surface area contributed by atoms with Crippen molar-refractivity contribution in [2.75, 3.05) is 9.80 Å². The molecule has 0 bridgehead atoms. The van der Waals surface area contributed by atoms with E-state index in [4.69, 9.17) is 0 Å². The predicted octanol–water partition coefficient (Wildman–Crippen LogP) is 15.7. The van der Waals surface area contributed by atoms with Crippen LogP contribution in [0.3, 0.4) is 0 Å². The van der Waals surface area contributed by atoms with Gasteiger partial charge in [0.05, 0.1) is 22.4 Å². The van der Waals surface area contributed by atoms with Crippen molar-refractivity contribution in [2.45, 2.75) is 0 Å². The first-order valence-corrected chi connectivity index (χ1v) is 20.2. The molecule has 1 aromatic heterocycles. The first-order valence-electron chi connectivity index (χ1n) is 20.2. The highest BCUT2D eigenvalue weighted by Gasteiger charge is 2.25. The summed E-state index contributed by atoms with van der Waals surface area (Å²) in [4.78, 5) is 4.80. The van der Waals surface area contributed by atoms with E-state index in [1.54, 1.807) is 0 Å². The SMILES string of the molecule is c1ccc(-c2ccc(-n3c4cc(N(c5ccccc5)c5ccccc5)c5ccccc5c4c4c5ccccc5c(N(c5ccccc5)c5ccccc5)cc43)cc2)cc1. The number of fused-ring (bicyclic) bond motifs is 7. The van der Waals surface area contributed by atoms with Crippen LogP contribution in [0.15, 0.2) is 237 Å². The molecular formula is C56H39N3. The molecular weight excluding hydrogens is 715 g/mol. The maximum Gasteiger partial charge on any atom is 0.0568 e. The van der Waals surface area contributed by atoms with Crippen molar-refractivity contribution in [3.05, 3.63) is 237 Å². The minimum Gasteiger partial charge on any atom is -0.310 e. The summed E-state index contributed by atoms with van der Waals surface area (Å²) < 4.78 is 2.49. The van der Waals surface area contributed by atoms with Crippen molar-refractivity contribution in [2.24, 2.45) is 0 Å². The molecule has 0 amide bonds. The number of anilines is 6. The fourth-order valence-electron chi connectivity index (χ4n) is 8.94. The Morgan fingerprint density at radius 1 is 0.271 bits per heavy atom. The largest absolute Gasteiger partial charge is 0.310 e. The van der Waals surface area contributed by atoms with Gasteiger partial charge >= 0.3 is 0 Å². The molecule has 1 heterocycles. The number of nitrogens with zero attached hydrogens (tertiary/aromatic N) is 3. The van der Waals surface area contributed by atoms with Crippen LogP contribution >= 0.6 is 0 Å². The summed E-state index contributed by atoms with van der Waals surface area (Å²) >= 11 is 0. The third-order valence-electron chi connectivity index (χ3n) is 11.5. The van der Waals surface area contributed by atoms with E-state index in [9.17, 15) is 0 Å². The average Bonchev–Trinajstić information content (AvgIpc) is 3.65. The quantitative estimate of drug-likeness (QED) is 0.153. The summed E-state index contributed by atoms with van der Waals surface area (Å²) in [5, 5.41) is 7.27. The predicted molar refractivity (Wildman–Crippen MR) is 251 cm³/mol. The van der Waals surface area contributed by atoms with E-state index in [-0.39, 0.29) is 0 Å². The second-order valence-corrected chi connectivity index (χ2v) is 14.9. The zero-order valence-electron chi connectivity index (χ0n) is 32.4. The summed E-state index contributed by atoms with van der Waals surface area (Å²) in [6.45, 7) is 0. The van der Waals surface area contributed by atoms with Crippen LogP contribution in [0, 0.1) is 0 Å². The molecule has 278 valence electrons. The maximum absolute atomic E-state index is 2.49. The molecule has 3 heteroatoms. The van der Waals surface area contributed by atoms with E-state index >= 15 is 0 Å². The van der Waals surface area contributed by atoms with Crippen LogP contribution < -0.4 is 9.80 Å². The fraction of sp³-hybridized carbons (Fsp3) is 0. The number of aromatic nitrogens is 1. The molecule has 0 radical (unpaired) electrons. The van der Waals surface area contributed by atoms with Gasteiger partial charge < -0.3 is 14.4 Å². The first kappa shape index (κ1) is 34.4. The lowest BCUT2D eigenvalue weighted by Crippen LogP contribution is -2.10. The lowest BCUT2D eigenvalue weighted by molar-refractivity contribution is 1.18. The van der Waals surface area contributed by atoms with E-state index in [0.29, 0.717) is 0 Å². The molecule has 0 atom stereocenters. The van der Waals surface area contributed by atoms with Gasteiger partial charge in [-0.1, -0.05) is 164 Å². The second-order valence-electron chi connectivity index (χ2n) is 14.9. The van der Waals surface area contributed by atoms with Crippen LogP contribution in [0.2, 0.25) is 0 Å². The molecule has 0 saturated carbocycles. The molecule has 11 aromatic rings. The van der Waals surface area contributed by atoms with Crippen molar-refractivity contribution in [1.82, 2.24) is 4.57 Å². The second kappa shape index (κ2) is 14.6. The zero-order valence-corrected chi connectivity index (χ0v) is 32.4. The van der Waals surface area contributed by atoms with Crippen molar-refractivity contribution in [3.8, 4) is 16.8 Å². The average molecular weight is 754 g/mol. The normalized spacial score (nSPS) is 11.4. The molecule has 0 N–H and O–H groups in total. The van der Waals surface area contributed by atoms with Crippen molar-refractivity contribution < 1.29 is 0 Å². The summed E-state index contributed by atoms with van der Waals surface area (Å²) in [6, 6.07) is 85.3. The standard InChI is InChI=1S/C56H39N3/c1-6-20-40(21-7-1)41-34-36-46(37-35-41)59-53-38-51(57(42-22-8-2-9-23-42)43-24-10-3-11-25-43)47-30-16-18-32-49(47)55(53)56-50-33-19-17-31-48(50)52(39-54(56)59)58(44-26-12-4-13-27-44)45-28-14-5-15-29-45/h1-39H. The van der Waals surface area contributed by atoms with Gasteiger partial charge in [-0.25, -0.2) is 0 Å². The highest BCUT2D eigenvalue weighted by molar-refractivity contribution is 6.32. The molecule has 0 saturated heterocycles. The Hall–Kier alpha value is -7.88. The van der Waals surface area contributed by atoms with Crippen LogP contribution in [0.4, 0.5) is 34.1 Å². The van der Waals surface area contributed by atoms with Crippen molar-refractivity contribution >= 4 is 77.5 Å². The van der Waals surface area contributed by atoms with Crippen molar-refractivity contribution in [1.29, 1.82) is 0 Å². The van der Waals surface area contributed by atoms with Crippen molar-refractivity contribution in [3.63, 3.8) is 0 Å². The monoisotopic (exact) mass is 753 g/mol. The Morgan fingerprint density at radius 3 is 0.949 bits per heavy atom. The Morgan fingerprint density at radius 2 is 0.576 bits per heavy atom. The Labute approximate surface area is 343 Å². The van der Waals surface area contributed by atoms with Crippen LogP contribution in [0.1, 0.15) is 0 Å². The molecule has 10 aromatic carbocycles. The molecule has 59 heavy (non-hydrogen) atoms. The number of hydrogen-bond acceptors (Lipinski definition) is 2. The topological polar surface area (TPSA) is 11.4 Å². The van der Waals surface area contributed by atoms with Gasteiger partial charge in [-0.05, 0) is 94.7 Å². The maximum atomic E-state index is 2.49. The van der Waals surface area contributed by atoms with Gasteiger partial charge in [0.15, 0.2) is 0 Å². The highest BCUT2D eigenvalue weighted by atomic mass is 15.2. The molecule has 3 nitrogen and oxygen atoms in total. The van der Waals surface area contributed by atoms with Crippen LogP contribution in [0.25, 0.3) is 60.2 Å². The van der Waals surface area contributed by atoms with Gasteiger partial charge in [-0.2, -0.15) is 0 Å². The minimum atomic E-state index is 1.10. The zero-order chi connectivity index (χ0) is 39.1. The van der Waals surface area contributed by atoms with Gasteiger partial charge in [-0.15, -0.1) is 0 Å². The number of benzene rings is 10. The minimum absolute atomic E-state index is 1.10. The molecule has 0 aliphatic carbocycles. The van der Waals surface area contributed by atoms with Gasteiger partial charge in [0, 0.05) is 50.0 Å². The van der Waals surface area contributed by atoms with E-state index in [1.807, 2.05) is 0 Å². The van der Waals surface area contributed by atoms with E-state index in [1.165, 1.54) is 43.4 Å². The lowest BCUT2D eigenvalue weighted by atomic mass is 9.96. The molecule has 11 rings (SSSR count). The Bertz CT molecular complexity index is 2970. The summed E-state index contributed by atoms with van der Waals surface area (Å²) in [5.74, 6) is 0. The van der Waals surface area contributed by atoms with E-state index < -0.39 is 0 Å². The number of para-hydroxylation sites is 4. The Balaban J connectivity index is 1.29. The van der Waals surface area contributed by atoms with Gasteiger partial charge in [-0.3, -0.25) is 0 Å². The molecule has 0 aliphatic heterocycles. The number of hydrogen-bond donors (Lipinski definition) is 0. The van der Waals surface area contributed by atoms with Crippen LogP contribution in [0.5, 0.6) is 0 Å². The van der Waals surface area contributed by atoms with Gasteiger partial charge in [0.1, 0.15) is 0 Å². The summed E-state index contributed by atoms with van der Waals surface area (Å²) in [5.41, 5.74) is 12.4. The highest BCUT2D eigenvalue weighted by Crippen LogP contribution is 2.49. The molecule has 0 fully saturated rings. The van der Waals surface area contributed by atoms with Gasteiger partial charge in [0.25, 0.3) is 0 Å².